The predicted molar refractivity (Wildman–Crippen MR) is 43.8 cm³/mol. The fourth-order valence-electron chi connectivity index (χ4n) is 1.04. The summed E-state index contributed by atoms with van der Waals surface area (Å²) in [6.45, 7) is 7.55. The lowest BCUT2D eigenvalue weighted by Gasteiger charge is -2.23. The van der Waals surface area contributed by atoms with Gasteiger partial charge in [0, 0.05) is 0 Å². The monoisotopic (exact) mass is 158 g/mol. The van der Waals surface area contributed by atoms with E-state index in [0.717, 1.165) is 13.1 Å². The normalized spacial score (nSPS) is 13.2. The molecule has 0 rings (SSSR count). The standard InChI is InChI=1S/C8H16NO2/c1-5-9(6-2)7(3)8(10)11-4/h7H,4-6H2,1-3H3/t7-/m0/s1. The highest BCUT2D eigenvalue weighted by atomic mass is 16.5. The lowest BCUT2D eigenvalue weighted by atomic mass is 10.3. The molecule has 0 aromatic heterocycles. The summed E-state index contributed by atoms with van der Waals surface area (Å²) >= 11 is 0. The number of carbonyl (C=O) groups excluding carboxylic acids is 1. The smallest absolute Gasteiger partial charge is 0.323 e. The Kier molecular flexibility index (Phi) is 4.86. The van der Waals surface area contributed by atoms with E-state index in [9.17, 15) is 4.79 Å². The first kappa shape index (κ1) is 10.4. The summed E-state index contributed by atoms with van der Waals surface area (Å²) < 4.78 is 4.37. The van der Waals surface area contributed by atoms with Gasteiger partial charge in [-0.05, 0) is 20.0 Å². The minimum absolute atomic E-state index is 0.178. The van der Waals surface area contributed by atoms with Crippen molar-refractivity contribution >= 4 is 5.97 Å². The molecule has 0 aromatic carbocycles. The van der Waals surface area contributed by atoms with Crippen molar-refractivity contribution < 1.29 is 9.53 Å². The van der Waals surface area contributed by atoms with E-state index in [1.807, 2.05) is 25.7 Å². The third kappa shape index (κ3) is 2.89. The maximum atomic E-state index is 10.9. The van der Waals surface area contributed by atoms with Crippen LogP contribution in [0.1, 0.15) is 20.8 Å². The van der Waals surface area contributed by atoms with Gasteiger partial charge in [-0.25, -0.2) is 0 Å². The Morgan fingerprint density at radius 2 is 2.00 bits per heavy atom. The molecule has 0 bridgehead atoms. The van der Waals surface area contributed by atoms with Crippen LogP contribution in [-0.4, -0.2) is 30.0 Å². The van der Waals surface area contributed by atoms with Crippen LogP contribution in [0.5, 0.6) is 0 Å². The summed E-state index contributed by atoms with van der Waals surface area (Å²) in [7, 11) is 3.08. The van der Waals surface area contributed by atoms with Crippen LogP contribution >= 0.6 is 0 Å². The molecule has 1 radical (unpaired) electrons. The number of hydrogen-bond donors (Lipinski definition) is 0. The SMILES string of the molecule is [CH2]OC(=O)[C@H](C)N(CC)CC. The zero-order valence-electron chi connectivity index (χ0n) is 7.46. The molecule has 0 aliphatic carbocycles. The van der Waals surface area contributed by atoms with Gasteiger partial charge in [0.05, 0.1) is 0 Å². The van der Waals surface area contributed by atoms with Crippen molar-refractivity contribution in [2.24, 2.45) is 0 Å². The van der Waals surface area contributed by atoms with Crippen molar-refractivity contribution in [3.8, 4) is 0 Å². The van der Waals surface area contributed by atoms with Gasteiger partial charge in [-0.15, -0.1) is 0 Å². The van der Waals surface area contributed by atoms with Gasteiger partial charge in [-0.1, -0.05) is 13.8 Å². The molecule has 0 fully saturated rings. The molecule has 3 heteroatoms. The number of hydrogen-bond acceptors (Lipinski definition) is 3. The van der Waals surface area contributed by atoms with Gasteiger partial charge in [0.2, 0.25) is 0 Å². The predicted octanol–water partition coefficient (Wildman–Crippen LogP) is 1.05. The third-order valence-electron chi connectivity index (χ3n) is 1.84. The Morgan fingerprint density at radius 3 is 2.27 bits per heavy atom. The van der Waals surface area contributed by atoms with Crippen molar-refractivity contribution in [2.75, 3.05) is 13.1 Å². The molecule has 0 amide bonds. The second-order valence-electron chi connectivity index (χ2n) is 2.36. The number of carbonyl (C=O) groups is 1. The van der Waals surface area contributed by atoms with Crippen molar-refractivity contribution in [3.63, 3.8) is 0 Å². The lowest BCUT2D eigenvalue weighted by molar-refractivity contribution is -0.143. The van der Waals surface area contributed by atoms with E-state index >= 15 is 0 Å². The molecule has 1 atom stereocenters. The quantitative estimate of drug-likeness (QED) is 0.573. The van der Waals surface area contributed by atoms with Crippen molar-refractivity contribution in [1.82, 2.24) is 4.90 Å². The Hall–Kier alpha value is -0.570. The zero-order chi connectivity index (χ0) is 8.85. The fourth-order valence-corrected chi connectivity index (χ4v) is 1.04. The fraction of sp³-hybridized carbons (Fsp3) is 0.750. The molecular weight excluding hydrogens is 142 g/mol. The molecule has 0 spiro atoms. The summed E-state index contributed by atoms with van der Waals surface area (Å²) in [5, 5.41) is 0. The van der Waals surface area contributed by atoms with Gasteiger partial charge in [0.1, 0.15) is 13.2 Å². The van der Waals surface area contributed by atoms with Crippen molar-refractivity contribution in [1.29, 1.82) is 0 Å². The molecule has 0 aliphatic rings. The average molecular weight is 158 g/mol. The molecule has 0 saturated carbocycles. The first-order valence-corrected chi connectivity index (χ1v) is 3.87. The third-order valence-corrected chi connectivity index (χ3v) is 1.84. The highest BCUT2D eigenvalue weighted by molar-refractivity contribution is 5.75. The van der Waals surface area contributed by atoms with Crippen LogP contribution in [0.15, 0.2) is 0 Å². The summed E-state index contributed by atoms with van der Waals surface area (Å²) in [5.41, 5.74) is 0. The molecule has 65 valence electrons. The second kappa shape index (κ2) is 5.13. The van der Waals surface area contributed by atoms with E-state index in [-0.39, 0.29) is 12.0 Å². The largest absolute Gasteiger partial charge is 0.461 e. The van der Waals surface area contributed by atoms with Gasteiger partial charge >= 0.3 is 5.97 Å². The van der Waals surface area contributed by atoms with Crippen LogP contribution < -0.4 is 0 Å². The highest BCUT2D eigenvalue weighted by Gasteiger charge is 2.18. The van der Waals surface area contributed by atoms with E-state index < -0.39 is 0 Å². The van der Waals surface area contributed by atoms with Crippen LogP contribution in [0.25, 0.3) is 0 Å². The zero-order valence-corrected chi connectivity index (χ0v) is 7.46. The average Bonchev–Trinajstić information content (AvgIpc) is 2.05. The summed E-state index contributed by atoms with van der Waals surface area (Å²) in [6.07, 6.45) is 0. The van der Waals surface area contributed by atoms with Crippen LogP contribution in [0.3, 0.4) is 0 Å². The summed E-state index contributed by atoms with van der Waals surface area (Å²) in [6, 6.07) is -0.178. The molecule has 3 nitrogen and oxygen atoms in total. The molecule has 0 heterocycles. The second-order valence-corrected chi connectivity index (χ2v) is 2.36. The summed E-state index contributed by atoms with van der Waals surface area (Å²) in [4.78, 5) is 13.0. The molecule has 0 aromatic rings. The lowest BCUT2D eigenvalue weighted by Crippen LogP contribution is -2.39. The van der Waals surface area contributed by atoms with E-state index in [4.69, 9.17) is 0 Å². The number of likely N-dealkylation sites (N-methyl/N-ethyl adjacent to an activating group) is 1. The molecule has 0 saturated heterocycles. The molecule has 0 N–H and O–H groups in total. The topological polar surface area (TPSA) is 29.5 Å². The molecule has 0 aliphatic heterocycles. The molecule has 0 unspecified atom stereocenters. The van der Waals surface area contributed by atoms with Crippen molar-refractivity contribution in [2.45, 2.75) is 26.8 Å². The van der Waals surface area contributed by atoms with Crippen LogP contribution in [-0.2, 0) is 9.53 Å². The minimum Gasteiger partial charge on any atom is -0.461 e. The van der Waals surface area contributed by atoms with Gasteiger partial charge in [0.15, 0.2) is 0 Å². The Balaban J connectivity index is 3.97. The highest BCUT2D eigenvalue weighted by Crippen LogP contribution is 1.99. The minimum atomic E-state index is -0.270. The Morgan fingerprint density at radius 1 is 1.55 bits per heavy atom. The van der Waals surface area contributed by atoms with Crippen LogP contribution in [0, 0.1) is 7.11 Å². The molecule has 11 heavy (non-hydrogen) atoms. The van der Waals surface area contributed by atoms with Crippen LogP contribution in [0.4, 0.5) is 0 Å². The van der Waals surface area contributed by atoms with E-state index in [2.05, 4.69) is 11.8 Å². The number of nitrogens with zero attached hydrogens (tertiary/aromatic N) is 1. The molecular formula is C8H16NO2. The first-order chi connectivity index (χ1) is 5.17. The summed E-state index contributed by atoms with van der Waals surface area (Å²) in [5.74, 6) is -0.270. The Bertz CT molecular complexity index is 121. The number of rotatable bonds is 4. The maximum absolute atomic E-state index is 10.9. The maximum Gasteiger partial charge on any atom is 0.323 e. The van der Waals surface area contributed by atoms with Gasteiger partial charge in [-0.3, -0.25) is 9.69 Å². The van der Waals surface area contributed by atoms with Crippen LogP contribution in [0.2, 0.25) is 0 Å². The number of esters is 1. The Labute approximate surface area is 68.3 Å². The van der Waals surface area contributed by atoms with Gasteiger partial charge in [-0.2, -0.15) is 0 Å². The van der Waals surface area contributed by atoms with E-state index in [0.29, 0.717) is 0 Å². The van der Waals surface area contributed by atoms with E-state index in [1.165, 1.54) is 0 Å². The first-order valence-electron chi connectivity index (χ1n) is 3.87. The van der Waals surface area contributed by atoms with Crippen molar-refractivity contribution in [3.05, 3.63) is 7.11 Å². The van der Waals surface area contributed by atoms with Gasteiger partial charge < -0.3 is 4.74 Å². The number of ether oxygens (including phenoxy) is 1. The van der Waals surface area contributed by atoms with E-state index in [1.54, 1.807) is 0 Å². The van der Waals surface area contributed by atoms with Gasteiger partial charge in [0.25, 0.3) is 0 Å².